The van der Waals surface area contributed by atoms with Gasteiger partial charge < -0.3 is 23.9 Å². The molecule has 0 atom stereocenters. The molecule has 0 radical (unpaired) electrons. The Hall–Kier alpha value is -3.07. The van der Waals surface area contributed by atoms with Crippen molar-refractivity contribution in [2.75, 3.05) is 33.3 Å². The number of aromatic nitrogens is 1. The quantitative estimate of drug-likeness (QED) is 0.743. The molecule has 0 unspecified atom stereocenters. The van der Waals surface area contributed by atoms with Gasteiger partial charge in [-0.15, -0.1) is 0 Å². The molecule has 2 aromatic heterocycles. The number of hydrogen-bond acceptors (Lipinski definition) is 6. The van der Waals surface area contributed by atoms with Crippen LogP contribution in [-0.4, -0.2) is 65.0 Å². The summed E-state index contributed by atoms with van der Waals surface area (Å²) in [6.45, 7) is 8.76. The zero-order chi connectivity index (χ0) is 22.6. The van der Waals surface area contributed by atoms with E-state index in [0.29, 0.717) is 38.5 Å². The van der Waals surface area contributed by atoms with Crippen molar-refractivity contribution in [3.8, 4) is 5.75 Å². The van der Waals surface area contributed by atoms with Gasteiger partial charge in [-0.25, -0.2) is 0 Å². The lowest BCUT2D eigenvalue weighted by Crippen LogP contribution is -2.48. The third-order valence-corrected chi connectivity index (χ3v) is 5.01. The fourth-order valence-corrected chi connectivity index (χ4v) is 3.54. The second-order valence-electron chi connectivity index (χ2n) is 8.67. The molecule has 0 spiro atoms. The van der Waals surface area contributed by atoms with Crippen molar-refractivity contribution in [3.05, 3.63) is 52.3 Å². The van der Waals surface area contributed by atoms with Crippen molar-refractivity contribution in [2.24, 2.45) is 0 Å². The van der Waals surface area contributed by atoms with Crippen molar-refractivity contribution in [2.45, 2.75) is 39.4 Å². The highest BCUT2D eigenvalue weighted by molar-refractivity contribution is 5.91. The molecule has 0 aromatic carbocycles. The molecule has 0 bridgehead atoms. The van der Waals surface area contributed by atoms with Crippen LogP contribution in [0.5, 0.6) is 5.75 Å². The molecule has 1 aliphatic rings. The SMILES string of the molecule is COc1cn(CC(=O)NC(C)(C)C)c(CN2CCN(C(=O)c3ccco3)CC2)cc1=O. The summed E-state index contributed by atoms with van der Waals surface area (Å²) in [5.74, 6) is 0.265. The molecule has 168 valence electrons. The minimum atomic E-state index is -0.350. The van der Waals surface area contributed by atoms with Gasteiger partial charge in [-0.1, -0.05) is 0 Å². The second-order valence-corrected chi connectivity index (χ2v) is 8.67. The molecule has 1 fully saturated rings. The van der Waals surface area contributed by atoms with Crippen molar-refractivity contribution in [1.29, 1.82) is 0 Å². The molecule has 31 heavy (non-hydrogen) atoms. The number of furan rings is 1. The lowest BCUT2D eigenvalue weighted by Gasteiger charge is -2.34. The summed E-state index contributed by atoms with van der Waals surface area (Å²) in [4.78, 5) is 41.2. The number of carbonyl (C=O) groups is 2. The van der Waals surface area contributed by atoms with Crippen LogP contribution >= 0.6 is 0 Å². The predicted octanol–water partition coefficient (Wildman–Crippen LogP) is 1.32. The van der Waals surface area contributed by atoms with E-state index in [1.165, 1.54) is 19.4 Å². The molecule has 9 heteroatoms. The fraction of sp³-hybridized carbons (Fsp3) is 0.500. The average molecular weight is 431 g/mol. The Bertz CT molecular complexity index is 967. The number of carbonyl (C=O) groups excluding carboxylic acids is 2. The van der Waals surface area contributed by atoms with E-state index in [9.17, 15) is 14.4 Å². The van der Waals surface area contributed by atoms with E-state index in [1.54, 1.807) is 27.8 Å². The first-order valence-electron chi connectivity index (χ1n) is 10.3. The number of nitrogens with zero attached hydrogens (tertiary/aromatic N) is 3. The van der Waals surface area contributed by atoms with Crippen LogP contribution in [0.1, 0.15) is 37.0 Å². The van der Waals surface area contributed by atoms with Gasteiger partial charge in [-0.05, 0) is 32.9 Å². The van der Waals surface area contributed by atoms with E-state index in [4.69, 9.17) is 9.15 Å². The first-order chi connectivity index (χ1) is 14.7. The van der Waals surface area contributed by atoms with Crippen LogP contribution in [0.3, 0.4) is 0 Å². The monoisotopic (exact) mass is 430 g/mol. The van der Waals surface area contributed by atoms with E-state index < -0.39 is 0 Å². The topological polar surface area (TPSA) is 97.0 Å². The van der Waals surface area contributed by atoms with Crippen molar-refractivity contribution in [1.82, 2.24) is 19.7 Å². The van der Waals surface area contributed by atoms with Gasteiger partial charge in [-0.2, -0.15) is 0 Å². The average Bonchev–Trinajstić information content (AvgIpc) is 3.23. The van der Waals surface area contributed by atoms with Crippen LogP contribution < -0.4 is 15.5 Å². The summed E-state index contributed by atoms with van der Waals surface area (Å²) < 4.78 is 12.1. The van der Waals surface area contributed by atoms with Gasteiger partial charge >= 0.3 is 0 Å². The lowest BCUT2D eigenvalue weighted by molar-refractivity contribution is -0.123. The highest BCUT2D eigenvalue weighted by Crippen LogP contribution is 2.14. The van der Waals surface area contributed by atoms with Gasteiger partial charge in [0.05, 0.1) is 19.6 Å². The van der Waals surface area contributed by atoms with Crippen molar-refractivity contribution >= 4 is 11.8 Å². The minimum absolute atomic E-state index is 0.0835. The summed E-state index contributed by atoms with van der Waals surface area (Å²) in [7, 11) is 1.44. The van der Waals surface area contributed by atoms with E-state index in [-0.39, 0.29) is 35.1 Å². The third kappa shape index (κ3) is 5.97. The molecular weight excluding hydrogens is 400 g/mol. The minimum Gasteiger partial charge on any atom is -0.491 e. The molecule has 0 aliphatic carbocycles. The molecule has 0 saturated carbocycles. The third-order valence-electron chi connectivity index (χ3n) is 5.01. The van der Waals surface area contributed by atoms with E-state index in [1.807, 2.05) is 20.8 Å². The molecule has 9 nitrogen and oxygen atoms in total. The summed E-state index contributed by atoms with van der Waals surface area (Å²) >= 11 is 0. The van der Waals surface area contributed by atoms with Crippen molar-refractivity contribution in [3.63, 3.8) is 0 Å². The maximum Gasteiger partial charge on any atom is 0.289 e. The Morgan fingerprint density at radius 1 is 1.19 bits per heavy atom. The van der Waals surface area contributed by atoms with Crippen LogP contribution in [0, 0.1) is 0 Å². The van der Waals surface area contributed by atoms with E-state index >= 15 is 0 Å². The maximum atomic E-state index is 12.5. The molecule has 3 heterocycles. The van der Waals surface area contributed by atoms with Crippen LogP contribution in [-0.2, 0) is 17.9 Å². The summed E-state index contributed by atoms with van der Waals surface area (Å²) in [5.41, 5.74) is 0.148. The second kappa shape index (κ2) is 9.38. The number of nitrogens with one attached hydrogen (secondary N) is 1. The van der Waals surface area contributed by atoms with Crippen LogP contribution in [0.2, 0.25) is 0 Å². The van der Waals surface area contributed by atoms with Gasteiger partial charge in [-0.3, -0.25) is 19.3 Å². The van der Waals surface area contributed by atoms with Gasteiger partial charge in [0.2, 0.25) is 11.3 Å². The first kappa shape index (κ1) is 22.6. The molecule has 1 saturated heterocycles. The standard InChI is InChI=1S/C22H30N4O5/c1-22(2,3)23-20(28)15-26-14-19(30-4)17(27)12-16(26)13-24-7-9-25(10-8-24)21(29)18-6-5-11-31-18/h5-6,11-12,14H,7-10,13,15H2,1-4H3,(H,23,28). The molecule has 1 aliphatic heterocycles. The van der Waals surface area contributed by atoms with Gasteiger partial charge in [0.1, 0.15) is 6.54 Å². The maximum absolute atomic E-state index is 12.5. The Balaban J connectivity index is 1.69. The van der Waals surface area contributed by atoms with E-state index in [2.05, 4.69) is 10.2 Å². The van der Waals surface area contributed by atoms with Gasteiger partial charge in [0.25, 0.3) is 5.91 Å². The zero-order valence-electron chi connectivity index (χ0n) is 18.5. The molecule has 2 aromatic rings. The molecular formula is C22H30N4O5. The Kier molecular flexibility index (Phi) is 6.84. The summed E-state index contributed by atoms with van der Waals surface area (Å²) in [5, 5.41) is 2.94. The smallest absolute Gasteiger partial charge is 0.289 e. The van der Waals surface area contributed by atoms with Crippen LogP contribution in [0.25, 0.3) is 0 Å². The van der Waals surface area contributed by atoms with Crippen LogP contribution in [0.4, 0.5) is 0 Å². The summed E-state index contributed by atoms with van der Waals surface area (Å²) in [6.07, 6.45) is 3.07. The highest BCUT2D eigenvalue weighted by atomic mass is 16.5. The normalized spacial score (nSPS) is 15.0. The Morgan fingerprint density at radius 3 is 2.48 bits per heavy atom. The summed E-state index contributed by atoms with van der Waals surface area (Å²) in [6, 6.07) is 4.87. The first-order valence-corrected chi connectivity index (χ1v) is 10.3. The van der Waals surface area contributed by atoms with Crippen molar-refractivity contribution < 1.29 is 18.7 Å². The molecule has 1 N–H and O–H groups in total. The number of ether oxygens (including phenoxy) is 1. The predicted molar refractivity (Wildman–Crippen MR) is 115 cm³/mol. The Labute approximate surface area is 181 Å². The Morgan fingerprint density at radius 2 is 1.90 bits per heavy atom. The zero-order valence-corrected chi connectivity index (χ0v) is 18.5. The fourth-order valence-electron chi connectivity index (χ4n) is 3.54. The largest absolute Gasteiger partial charge is 0.491 e. The number of rotatable bonds is 6. The van der Waals surface area contributed by atoms with Gasteiger partial charge in [0, 0.05) is 50.0 Å². The lowest BCUT2D eigenvalue weighted by atomic mass is 10.1. The molecule has 3 rings (SSSR count). The molecule has 2 amide bonds. The number of hydrogen-bond donors (Lipinski definition) is 1. The van der Waals surface area contributed by atoms with E-state index in [0.717, 1.165) is 5.69 Å². The van der Waals surface area contributed by atoms with Crippen LogP contribution in [0.15, 0.2) is 39.9 Å². The number of amides is 2. The number of pyridine rings is 1. The number of methoxy groups -OCH3 is 1. The highest BCUT2D eigenvalue weighted by Gasteiger charge is 2.24. The van der Waals surface area contributed by atoms with Gasteiger partial charge in [0.15, 0.2) is 11.5 Å². The number of piperazine rings is 1.